The van der Waals surface area contributed by atoms with E-state index in [9.17, 15) is 4.79 Å². The highest BCUT2D eigenvalue weighted by Crippen LogP contribution is 2.18. The number of fused-ring (bicyclic) bond motifs is 1. The van der Waals surface area contributed by atoms with Crippen molar-refractivity contribution in [3.8, 4) is 0 Å². The lowest BCUT2D eigenvalue weighted by Gasteiger charge is -1.98. The first-order valence-electron chi connectivity index (χ1n) is 3.80. The minimum absolute atomic E-state index is 0.366. The van der Waals surface area contributed by atoms with Crippen LogP contribution in [0.15, 0.2) is 23.2 Å². The quantitative estimate of drug-likeness (QED) is 0.721. The summed E-state index contributed by atoms with van der Waals surface area (Å²) >= 11 is 3.19. The summed E-state index contributed by atoms with van der Waals surface area (Å²) in [5.41, 5.74) is 0.963. The Morgan fingerprint density at radius 3 is 3.14 bits per heavy atom. The van der Waals surface area contributed by atoms with Crippen molar-refractivity contribution in [2.75, 3.05) is 7.11 Å². The predicted octanol–water partition coefficient (Wildman–Crippen LogP) is 1.28. The van der Waals surface area contributed by atoms with Gasteiger partial charge < -0.3 is 4.74 Å². The molecule has 0 spiro atoms. The molecule has 2 rings (SSSR count). The molecule has 0 unspecified atom stereocenters. The van der Waals surface area contributed by atoms with Crippen LogP contribution in [0.5, 0.6) is 0 Å². The van der Waals surface area contributed by atoms with Crippen LogP contribution in [-0.4, -0.2) is 27.4 Å². The molecule has 2 heterocycles. The van der Waals surface area contributed by atoms with Crippen molar-refractivity contribution >= 4 is 27.5 Å². The summed E-state index contributed by atoms with van der Waals surface area (Å²) in [4.78, 5) is 19.4. The van der Waals surface area contributed by atoms with E-state index in [-0.39, 0.29) is 0 Å². The standard InChI is InChI=1S/C8H6BrN3O2/c1-14-8(13)6-7(9)11-5-4-10-2-3-12(5)6/h2-4H,1H3. The maximum Gasteiger partial charge on any atom is 0.357 e. The molecule has 0 saturated heterocycles. The van der Waals surface area contributed by atoms with Gasteiger partial charge in [0, 0.05) is 12.4 Å². The molecule has 2 aromatic heterocycles. The Kier molecular flexibility index (Phi) is 2.20. The summed E-state index contributed by atoms with van der Waals surface area (Å²) in [6.45, 7) is 0. The zero-order valence-electron chi connectivity index (χ0n) is 7.27. The number of hydrogen-bond donors (Lipinski definition) is 0. The third kappa shape index (κ3) is 1.27. The van der Waals surface area contributed by atoms with Gasteiger partial charge in [-0.1, -0.05) is 0 Å². The number of methoxy groups -OCH3 is 1. The van der Waals surface area contributed by atoms with Crippen LogP contribution >= 0.6 is 15.9 Å². The molecular formula is C8H6BrN3O2. The second-order valence-corrected chi connectivity index (χ2v) is 3.30. The van der Waals surface area contributed by atoms with Gasteiger partial charge in [-0.05, 0) is 15.9 Å². The number of halogens is 1. The van der Waals surface area contributed by atoms with E-state index in [0.29, 0.717) is 15.9 Å². The van der Waals surface area contributed by atoms with Gasteiger partial charge in [-0.3, -0.25) is 9.38 Å². The van der Waals surface area contributed by atoms with Crippen molar-refractivity contribution < 1.29 is 9.53 Å². The SMILES string of the molecule is COC(=O)c1c(Br)nc2cnccn12. The van der Waals surface area contributed by atoms with Crippen LogP contribution in [0.2, 0.25) is 0 Å². The predicted molar refractivity (Wildman–Crippen MR) is 52.0 cm³/mol. The molecule has 14 heavy (non-hydrogen) atoms. The minimum Gasteiger partial charge on any atom is -0.464 e. The normalized spacial score (nSPS) is 10.4. The van der Waals surface area contributed by atoms with Gasteiger partial charge in [-0.25, -0.2) is 9.78 Å². The molecule has 0 bridgehead atoms. The fraction of sp³-hybridized carbons (Fsp3) is 0.125. The summed E-state index contributed by atoms with van der Waals surface area (Å²) in [6, 6.07) is 0. The first-order valence-corrected chi connectivity index (χ1v) is 4.59. The van der Waals surface area contributed by atoms with Crippen molar-refractivity contribution in [1.82, 2.24) is 14.4 Å². The van der Waals surface area contributed by atoms with Gasteiger partial charge in [0.2, 0.25) is 0 Å². The molecule has 72 valence electrons. The number of imidazole rings is 1. The van der Waals surface area contributed by atoms with Crippen LogP contribution in [0.1, 0.15) is 10.5 Å². The highest BCUT2D eigenvalue weighted by atomic mass is 79.9. The Labute approximate surface area is 87.9 Å². The number of carbonyl (C=O) groups excluding carboxylic acids is 1. The Hall–Kier alpha value is -1.43. The van der Waals surface area contributed by atoms with Crippen molar-refractivity contribution in [3.63, 3.8) is 0 Å². The van der Waals surface area contributed by atoms with Gasteiger partial charge in [-0.2, -0.15) is 0 Å². The molecule has 0 aromatic carbocycles. The summed E-state index contributed by atoms with van der Waals surface area (Å²) in [6.07, 6.45) is 4.80. The monoisotopic (exact) mass is 255 g/mol. The summed E-state index contributed by atoms with van der Waals surface area (Å²) in [5.74, 6) is -0.435. The molecule has 5 nitrogen and oxygen atoms in total. The van der Waals surface area contributed by atoms with E-state index >= 15 is 0 Å². The first-order chi connectivity index (χ1) is 6.74. The van der Waals surface area contributed by atoms with Crippen LogP contribution in [0.3, 0.4) is 0 Å². The minimum atomic E-state index is -0.435. The average molecular weight is 256 g/mol. The summed E-state index contributed by atoms with van der Waals surface area (Å²) in [7, 11) is 1.33. The van der Waals surface area contributed by atoms with E-state index in [1.165, 1.54) is 7.11 Å². The lowest BCUT2D eigenvalue weighted by Crippen LogP contribution is -2.05. The van der Waals surface area contributed by atoms with Crippen LogP contribution in [0.25, 0.3) is 5.65 Å². The van der Waals surface area contributed by atoms with Crippen molar-refractivity contribution in [1.29, 1.82) is 0 Å². The maximum atomic E-state index is 11.4. The fourth-order valence-electron chi connectivity index (χ4n) is 1.16. The molecule has 0 radical (unpaired) electrons. The first kappa shape index (κ1) is 9.14. The van der Waals surface area contributed by atoms with Crippen LogP contribution in [0, 0.1) is 0 Å². The zero-order chi connectivity index (χ0) is 10.1. The lowest BCUT2D eigenvalue weighted by atomic mass is 10.5. The number of rotatable bonds is 1. The molecule has 0 aliphatic rings. The Balaban J connectivity index is 2.74. The highest BCUT2D eigenvalue weighted by molar-refractivity contribution is 9.10. The maximum absolute atomic E-state index is 11.4. The molecular weight excluding hydrogens is 250 g/mol. The second-order valence-electron chi connectivity index (χ2n) is 2.55. The summed E-state index contributed by atoms with van der Waals surface area (Å²) in [5, 5.41) is 0. The smallest absolute Gasteiger partial charge is 0.357 e. The Bertz CT molecular complexity index is 494. The molecule has 6 heteroatoms. The summed E-state index contributed by atoms with van der Waals surface area (Å²) < 4.78 is 6.70. The van der Waals surface area contributed by atoms with E-state index in [4.69, 9.17) is 0 Å². The molecule has 0 fully saturated rings. The van der Waals surface area contributed by atoms with Crippen molar-refractivity contribution in [3.05, 3.63) is 28.9 Å². The molecule has 0 saturated carbocycles. The number of hydrogen-bond acceptors (Lipinski definition) is 4. The van der Waals surface area contributed by atoms with Gasteiger partial charge in [0.05, 0.1) is 13.3 Å². The topological polar surface area (TPSA) is 56.5 Å². The molecule has 2 aromatic rings. The number of aromatic nitrogens is 3. The fourth-order valence-corrected chi connectivity index (χ4v) is 1.69. The van der Waals surface area contributed by atoms with E-state index < -0.39 is 5.97 Å². The molecule has 0 amide bonds. The molecule has 0 N–H and O–H groups in total. The third-order valence-electron chi connectivity index (χ3n) is 1.77. The molecule has 0 aliphatic heterocycles. The number of carbonyl (C=O) groups is 1. The van der Waals surface area contributed by atoms with Gasteiger partial charge in [-0.15, -0.1) is 0 Å². The van der Waals surface area contributed by atoms with Gasteiger partial charge >= 0.3 is 5.97 Å². The Morgan fingerprint density at radius 1 is 1.64 bits per heavy atom. The number of ether oxygens (including phenoxy) is 1. The van der Waals surface area contributed by atoms with Crippen LogP contribution in [-0.2, 0) is 4.74 Å². The highest BCUT2D eigenvalue weighted by Gasteiger charge is 2.17. The largest absolute Gasteiger partial charge is 0.464 e. The van der Waals surface area contributed by atoms with Crippen LogP contribution in [0.4, 0.5) is 0 Å². The zero-order valence-corrected chi connectivity index (χ0v) is 8.85. The number of esters is 1. The third-order valence-corrected chi connectivity index (χ3v) is 2.32. The van der Waals surface area contributed by atoms with E-state index in [1.54, 1.807) is 23.0 Å². The second kappa shape index (κ2) is 3.38. The van der Waals surface area contributed by atoms with Gasteiger partial charge in [0.25, 0.3) is 0 Å². The van der Waals surface area contributed by atoms with Crippen molar-refractivity contribution in [2.45, 2.75) is 0 Å². The van der Waals surface area contributed by atoms with E-state index in [2.05, 4.69) is 30.6 Å². The van der Waals surface area contributed by atoms with Gasteiger partial charge in [0.1, 0.15) is 4.60 Å². The molecule has 0 aliphatic carbocycles. The molecule has 0 atom stereocenters. The Morgan fingerprint density at radius 2 is 2.43 bits per heavy atom. The van der Waals surface area contributed by atoms with E-state index in [1.807, 2.05) is 0 Å². The average Bonchev–Trinajstić information content (AvgIpc) is 2.53. The van der Waals surface area contributed by atoms with Gasteiger partial charge in [0.15, 0.2) is 11.3 Å². The van der Waals surface area contributed by atoms with E-state index in [0.717, 1.165) is 0 Å². The number of nitrogens with zero attached hydrogens (tertiary/aromatic N) is 3. The van der Waals surface area contributed by atoms with Crippen molar-refractivity contribution in [2.24, 2.45) is 0 Å². The van der Waals surface area contributed by atoms with Crippen LogP contribution < -0.4 is 0 Å². The lowest BCUT2D eigenvalue weighted by molar-refractivity contribution is 0.0591.